The summed E-state index contributed by atoms with van der Waals surface area (Å²) in [6.45, 7) is 4.19. The lowest BCUT2D eigenvalue weighted by atomic mass is 9.97. The van der Waals surface area contributed by atoms with Crippen molar-refractivity contribution in [3.05, 3.63) is 0 Å². The van der Waals surface area contributed by atoms with E-state index < -0.39 is 0 Å². The Kier molecular flexibility index (Phi) is 2.26. The maximum atomic E-state index is 10.8. The van der Waals surface area contributed by atoms with Crippen molar-refractivity contribution in [1.82, 2.24) is 10.6 Å². The lowest BCUT2D eigenvalue weighted by molar-refractivity contribution is -0.119. The molecular formula is C9H16N2O2. The van der Waals surface area contributed by atoms with E-state index in [1.165, 1.54) is 0 Å². The molecule has 0 unspecified atom stereocenters. The number of hydrogen-bond donors (Lipinski definition) is 2. The van der Waals surface area contributed by atoms with E-state index in [0.717, 1.165) is 25.9 Å². The monoisotopic (exact) mass is 184 g/mol. The van der Waals surface area contributed by atoms with E-state index in [2.05, 4.69) is 10.6 Å². The third-order valence-corrected chi connectivity index (χ3v) is 2.82. The fourth-order valence-electron chi connectivity index (χ4n) is 2.24. The molecule has 2 fully saturated rings. The molecule has 0 radical (unpaired) electrons. The van der Waals surface area contributed by atoms with Crippen LogP contribution in [0.3, 0.4) is 0 Å². The van der Waals surface area contributed by atoms with E-state index in [4.69, 9.17) is 4.74 Å². The third kappa shape index (κ3) is 1.84. The molecule has 2 heterocycles. The van der Waals surface area contributed by atoms with Gasteiger partial charge in [0.25, 0.3) is 0 Å². The zero-order chi connectivity index (χ0) is 9.31. The fourth-order valence-corrected chi connectivity index (χ4v) is 2.24. The van der Waals surface area contributed by atoms with Crippen LogP contribution >= 0.6 is 0 Å². The number of carbonyl (C=O) groups excluding carboxylic acids is 1. The Labute approximate surface area is 78.0 Å². The normalized spacial score (nSPS) is 38.4. The molecule has 2 rings (SSSR count). The Hall–Kier alpha value is -0.610. The minimum absolute atomic E-state index is 0.0209. The molecule has 4 heteroatoms. The number of carbonyl (C=O) groups is 1. The molecule has 0 bridgehead atoms. The first-order chi connectivity index (χ1) is 6.20. The molecule has 0 aromatic carbocycles. The van der Waals surface area contributed by atoms with Gasteiger partial charge in [-0.05, 0) is 13.0 Å². The Morgan fingerprint density at radius 2 is 2.54 bits per heavy atom. The lowest BCUT2D eigenvalue weighted by Gasteiger charge is -2.20. The van der Waals surface area contributed by atoms with Gasteiger partial charge in [-0.15, -0.1) is 0 Å². The van der Waals surface area contributed by atoms with Crippen LogP contribution in [0.4, 0.5) is 0 Å². The molecule has 2 N–H and O–H groups in total. The summed E-state index contributed by atoms with van der Waals surface area (Å²) in [6, 6.07) is 0.220. The van der Waals surface area contributed by atoms with Gasteiger partial charge in [-0.3, -0.25) is 4.79 Å². The predicted octanol–water partition coefficient (Wildman–Crippen LogP) is -0.357. The van der Waals surface area contributed by atoms with Gasteiger partial charge in [0.2, 0.25) is 5.91 Å². The zero-order valence-corrected chi connectivity index (χ0v) is 7.93. The highest BCUT2D eigenvalue weighted by Crippen LogP contribution is 2.31. The smallest absolute Gasteiger partial charge is 0.217 e. The summed E-state index contributed by atoms with van der Waals surface area (Å²) in [5.74, 6) is 0.0385. The SMILES string of the molecule is CC(=O)N[C@H]1CO[C@]2(CCNC2)C1. The quantitative estimate of drug-likeness (QED) is 0.585. The Morgan fingerprint density at radius 3 is 3.15 bits per heavy atom. The van der Waals surface area contributed by atoms with Crippen molar-refractivity contribution in [2.45, 2.75) is 31.4 Å². The average Bonchev–Trinajstić information content (AvgIpc) is 2.63. The summed E-state index contributed by atoms with van der Waals surface area (Å²) in [5, 5.41) is 6.19. The first kappa shape index (κ1) is 8.97. The van der Waals surface area contributed by atoms with Gasteiger partial charge in [0.05, 0.1) is 18.2 Å². The van der Waals surface area contributed by atoms with Gasteiger partial charge in [-0.25, -0.2) is 0 Å². The van der Waals surface area contributed by atoms with Crippen molar-refractivity contribution in [2.24, 2.45) is 0 Å². The Bertz CT molecular complexity index is 212. The van der Waals surface area contributed by atoms with E-state index in [1.807, 2.05) is 0 Å². The van der Waals surface area contributed by atoms with Crippen LogP contribution in [0.25, 0.3) is 0 Å². The zero-order valence-electron chi connectivity index (χ0n) is 7.93. The molecule has 1 amide bonds. The minimum Gasteiger partial charge on any atom is -0.371 e. The molecule has 2 saturated heterocycles. The standard InChI is InChI=1S/C9H16N2O2/c1-7(12)11-8-4-9(13-5-8)2-3-10-6-9/h8,10H,2-6H2,1H3,(H,11,12)/t8-,9-/m1/s1. The lowest BCUT2D eigenvalue weighted by Crippen LogP contribution is -2.36. The topological polar surface area (TPSA) is 50.4 Å². The van der Waals surface area contributed by atoms with Crippen LogP contribution in [0, 0.1) is 0 Å². The molecule has 4 nitrogen and oxygen atoms in total. The van der Waals surface area contributed by atoms with Crippen LogP contribution in [0.2, 0.25) is 0 Å². The van der Waals surface area contributed by atoms with Crippen molar-refractivity contribution in [3.8, 4) is 0 Å². The van der Waals surface area contributed by atoms with E-state index in [9.17, 15) is 4.79 Å². The van der Waals surface area contributed by atoms with Crippen molar-refractivity contribution >= 4 is 5.91 Å². The predicted molar refractivity (Wildman–Crippen MR) is 48.4 cm³/mol. The first-order valence-corrected chi connectivity index (χ1v) is 4.82. The van der Waals surface area contributed by atoms with Crippen LogP contribution in [-0.4, -0.2) is 37.2 Å². The molecule has 74 valence electrons. The fraction of sp³-hybridized carbons (Fsp3) is 0.889. The summed E-state index contributed by atoms with van der Waals surface area (Å²) in [7, 11) is 0. The van der Waals surface area contributed by atoms with E-state index in [-0.39, 0.29) is 17.6 Å². The molecule has 2 aliphatic heterocycles. The highest BCUT2D eigenvalue weighted by molar-refractivity contribution is 5.73. The van der Waals surface area contributed by atoms with Crippen molar-refractivity contribution in [3.63, 3.8) is 0 Å². The number of hydrogen-bond acceptors (Lipinski definition) is 3. The molecule has 0 aromatic rings. The van der Waals surface area contributed by atoms with Crippen LogP contribution < -0.4 is 10.6 Å². The van der Waals surface area contributed by atoms with Gasteiger partial charge in [0.1, 0.15) is 0 Å². The molecule has 2 aliphatic rings. The molecule has 1 spiro atoms. The average molecular weight is 184 g/mol. The summed E-state index contributed by atoms with van der Waals surface area (Å²) >= 11 is 0. The van der Waals surface area contributed by atoms with E-state index in [0.29, 0.717) is 6.61 Å². The maximum Gasteiger partial charge on any atom is 0.217 e. The molecule has 0 aliphatic carbocycles. The summed E-state index contributed by atoms with van der Waals surface area (Å²) < 4.78 is 5.74. The second-order valence-electron chi connectivity index (χ2n) is 4.02. The van der Waals surface area contributed by atoms with Gasteiger partial charge >= 0.3 is 0 Å². The summed E-state index contributed by atoms with van der Waals surface area (Å²) in [4.78, 5) is 10.8. The largest absolute Gasteiger partial charge is 0.371 e. The van der Waals surface area contributed by atoms with E-state index in [1.54, 1.807) is 6.92 Å². The maximum absolute atomic E-state index is 10.8. The van der Waals surface area contributed by atoms with Gasteiger partial charge in [-0.2, -0.15) is 0 Å². The summed E-state index contributed by atoms with van der Waals surface area (Å²) in [6.07, 6.45) is 2.03. The molecular weight excluding hydrogens is 168 g/mol. The van der Waals surface area contributed by atoms with Crippen LogP contribution in [0.15, 0.2) is 0 Å². The van der Waals surface area contributed by atoms with Crippen molar-refractivity contribution in [2.75, 3.05) is 19.7 Å². The first-order valence-electron chi connectivity index (χ1n) is 4.82. The Balaban J connectivity index is 1.89. The number of ether oxygens (including phenoxy) is 1. The number of amides is 1. The van der Waals surface area contributed by atoms with Crippen LogP contribution in [0.5, 0.6) is 0 Å². The Morgan fingerprint density at radius 1 is 1.69 bits per heavy atom. The molecule has 2 atom stereocenters. The summed E-state index contributed by atoms with van der Waals surface area (Å²) in [5.41, 5.74) is 0.0209. The van der Waals surface area contributed by atoms with Crippen LogP contribution in [0.1, 0.15) is 19.8 Å². The second kappa shape index (κ2) is 3.27. The van der Waals surface area contributed by atoms with E-state index >= 15 is 0 Å². The third-order valence-electron chi connectivity index (χ3n) is 2.82. The van der Waals surface area contributed by atoms with Gasteiger partial charge in [0.15, 0.2) is 0 Å². The second-order valence-corrected chi connectivity index (χ2v) is 4.02. The van der Waals surface area contributed by atoms with Gasteiger partial charge < -0.3 is 15.4 Å². The number of rotatable bonds is 1. The van der Waals surface area contributed by atoms with Crippen molar-refractivity contribution in [1.29, 1.82) is 0 Å². The van der Waals surface area contributed by atoms with Gasteiger partial charge in [-0.1, -0.05) is 0 Å². The molecule has 0 aromatic heterocycles. The molecule has 0 saturated carbocycles. The molecule has 13 heavy (non-hydrogen) atoms. The minimum atomic E-state index is 0.0209. The highest BCUT2D eigenvalue weighted by atomic mass is 16.5. The number of nitrogens with one attached hydrogen (secondary N) is 2. The van der Waals surface area contributed by atoms with Crippen LogP contribution in [-0.2, 0) is 9.53 Å². The van der Waals surface area contributed by atoms with Gasteiger partial charge in [0, 0.05) is 19.9 Å². The van der Waals surface area contributed by atoms with Crippen molar-refractivity contribution < 1.29 is 9.53 Å². The highest BCUT2D eigenvalue weighted by Gasteiger charge is 2.42.